The lowest BCUT2D eigenvalue weighted by Gasteiger charge is -2.36. The summed E-state index contributed by atoms with van der Waals surface area (Å²) in [5, 5.41) is 4.26. The molecule has 0 saturated carbocycles. The second-order valence-corrected chi connectivity index (χ2v) is 7.57. The number of rotatable bonds is 6. The number of hydrogen-bond donors (Lipinski definition) is 0. The molecule has 8 heteroatoms. The maximum atomic E-state index is 12.6. The number of aryl methyl sites for hydroxylation is 2. The Balaban J connectivity index is 1.32. The molecule has 0 bridgehead atoms. The van der Waals surface area contributed by atoms with Crippen LogP contribution in [0.25, 0.3) is 5.78 Å². The highest BCUT2D eigenvalue weighted by Crippen LogP contribution is 2.18. The number of aromatic nitrogens is 4. The lowest BCUT2D eigenvalue weighted by molar-refractivity contribution is -0.131. The molecule has 1 fully saturated rings. The molecule has 3 heterocycles. The van der Waals surface area contributed by atoms with Crippen LogP contribution < -0.4 is 4.90 Å². The number of ketones is 1. The number of piperazine rings is 1. The molecular formula is C22H26N6O2. The average molecular weight is 406 g/mol. The van der Waals surface area contributed by atoms with Gasteiger partial charge in [-0.15, -0.1) is 0 Å². The molecule has 0 radical (unpaired) electrons. The monoisotopic (exact) mass is 406 g/mol. The second kappa shape index (κ2) is 8.61. The first-order valence-electron chi connectivity index (χ1n) is 10.4. The quantitative estimate of drug-likeness (QED) is 0.584. The summed E-state index contributed by atoms with van der Waals surface area (Å²) in [4.78, 5) is 37.6. The van der Waals surface area contributed by atoms with E-state index in [0.29, 0.717) is 37.5 Å². The molecule has 4 rings (SSSR count). The van der Waals surface area contributed by atoms with Gasteiger partial charge in [0.15, 0.2) is 5.78 Å². The lowest BCUT2D eigenvalue weighted by Crippen LogP contribution is -2.49. The van der Waals surface area contributed by atoms with Crippen LogP contribution in [0.5, 0.6) is 0 Å². The van der Waals surface area contributed by atoms with E-state index in [1.54, 1.807) is 4.52 Å². The smallest absolute Gasteiger partial charge is 0.254 e. The van der Waals surface area contributed by atoms with Crippen LogP contribution in [0, 0.1) is 6.92 Å². The third-order valence-electron chi connectivity index (χ3n) is 5.57. The number of carbonyl (C=O) groups excluding carboxylic acids is 2. The first kappa shape index (κ1) is 20.0. The Bertz CT molecular complexity index is 1050. The Labute approximate surface area is 175 Å². The molecule has 30 heavy (non-hydrogen) atoms. The summed E-state index contributed by atoms with van der Waals surface area (Å²) in [5.41, 5.74) is 2.76. The Morgan fingerprint density at radius 2 is 1.77 bits per heavy atom. The van der Waals surface area contributed by atoms with Gasteiger partial charge in [0.25, 0.3) is 5.78 Å². The number of Topliss-reactive ketones (excluding diaryl/α,β-unsaturated/α-hetero) is 1. The first-order valence-corrected chi connectivity index (χ1v) is 10.4. The maximum Gasteiger partial charge on any atom is 0.254 e. The molecule has 8 nitrogen and oxygen atoms in total. The van der Waals surface area contributed by atoms with E-state index in [1.807, 2.05) is 42.2 Å². The van der Waals surface area contributed by atoms with Crippen molar-refractivity contribution in [3.05, 3.63) is 53.5 Å². The Morgan fingerprint density at radius 1 is 1.03 bits per heavy atom. The third-order valence-corrected chi connectivity index (χ3v) is 5.57. The number of fused-ring (bicyclic) bond motifs is 1. The molecule has 0 spiro atoms. The zero-order valence-electron chi connectivity index (χ0n) is 17.4. The van der Waals surface area contributed by atoms with Gasteiger partial charge >= 0.3 is 0 Å². The van der Waals surface area contributed by atoms with Crippen molar-refractivity contribution in [2.45, 2.75) is 33.1 Å². The number of anilines is 1. The molecular weight excluding hydrogens is 380 g/mol. The standard InChI is InChI=1S/C22H26N6O2/c1-3-17-4-6-18(7-5-17)19(29)8-9-21(30)27-12-10-26(11-13-27)20-14-16(2)25-22-23-15-24-28(20)22/h4-7,14-15H,3,8-13H2,1-2H3. The number of hydrogen-bond acceptors (Lipinski definition) is 6. The van der Waals surface area contributed by atoms with Crippen LogP contribution >= 0.6 is 0 Å². The van der Waals surface area contributed by atoms with Crippen LogP contribution in [0.3, 0.4) is 0 Å². The van der Waals surface area contributed by atoms with E-state index in [-0.39, 0.29) is 24.5 Å². The normalized spacial score (nSPS) is 14.3. The molecule has 0 unspecified atom stereocenters. The van der Waals surface area contributed by atoms with Crippen molar-refractivity contribution >= 4 is 23.3 Å². The molecule has 0 N–H and O–H groups in total. The molecule has 156 valence electrons. The molecule has 0 atom stereocenters. The van der Waals surface area contributed by atoms with Crippen LogP contribution in [0.4, 0.5) is 5.82 Å². The van der Waals surface area contributed by atoms with Gasteiger partial charge < -0.3 is 9.80 Å². The van der Waals surface area contributed by atoms with Crippen molar-refractivity contribution in [2.75, 3.05) is 31.1 Å². The summed E-state index contributed by atoms with van der Waals surface area (Å²) in [6, 6.07) is 9.64. The predicted molar refractivity (Wildman–Crippen MR) is 114 cm³/mol. The third kappa shape index (κ3) is 4.17. The molecule has 3 aromatic rings. The largest absolute Gasteiger partial charge is 0.353 e. The Hall–Kier alpha value is -3.29. The minimum atomic E-state index is 0.0190. The van der Waals surface area contributed by atoms with Crippen LogP contribution in [-0.4, -0.2) is 62.4 Å². The van der Waals surface area contributed by atoms with Gasteiger partial charge in [0.05, 0.1) is 0 Å². The maximum absolute atomic E-state index is 12.6. The van der Waals surface area contributed by atoms with Crippen LogP contribution in [0.1, 0.15) is 41.4 Å². The fourth-order valence-electron chi connectivity index (χ4n) is 3.77. The summed E-state index contributed by atoms with van der Waals surface area (Å²) >= 11 is 0. The predicted octanol–water partition coefficient (Wildman–Crippen LogP) is 2.31. The first-order chi connectivity index (χ1) is 14.5. The van der Waals surface area contributed by atoms with Crippen LogP contribution in [0.2, 0.25) is 0 Å². The van der Waals surface area contributed by atoms with E-state index in [4.69, 9.17) is 0 Å². The molecule has 1 saturated heterocycles. The zero-order chi connectivity index (χ0) is 21.1. The van der Waals surface area contributed by atoms with Gasteiger partial charge in [-0.3, -0.25) is 9.59 Å². The summed E-state index contributed by atoms with van der Waals surface area (Å²) < 4.78 is 1.73. The average Bonchev–Trinajstić information content (AvgIpc) is 3.25. The minimum Gasteiger partial charge on any atom is -0.353 e. The highest BCUT2D eigenvalue weighted by Gasteiger charge is 2.23. The number of benzene rings is 1. The number of nitrogens with zero attached hydrogens (tertiary/aromatic N) is 6. The van der Waals surface area contributed by atoms with E-state index >= 15 is 0 Å². The van der Waals surface area contributed by atoms with Gasteiger partial charge in [-0.2, -0.15) is 14.6 Å². The van der Waals surface area contributed by atoms with Crippen LogP contribution in [-0.2, 0) is 11.2 Å². The van der Waals surface area contributed by atoms with Crippen molar-refractivity contribution in [1.29, 1.82) is 0 Å². The van der Waals surface area contributed by atoms with Gasteiger partial charge in [0.2, 0.25) is 5.91 Å². The topological polar surface area (TPSA) is 83.7 Å². The fourth-order valence-corrected chi connectivity index (χ4v) is 3.77. The van der Waals surface area contributed by atoms with Gasteiger partial charge in [0.1, 0.15) is 12.1 Å². The van der Waals surface area contributed by atoms with Gasteiger partial charge in [0, 0.05) is 56.3 Å². The van der Waals surface area contributed by atoms with Gasteiger partial charge in [-0.25, -0.2) is 4.98 Å². The van der Waals surface area contributed by atoms with Gasteiger partial charge in [-0.05, 0) is 18.9 Å². The van der Waals surface area contributed by atoms with E-state index in [0.717, 1.165) is 17.9 Å². The highest BCUT2D eigenvalue weighted by atomic mass is 16.2. The van der Waals surface area contributed by atoms with Crippen molar-refractivity contribution < 1.29 is 9.59 Å². The summed E-state index contributed by atoms with van der Waals surface area (Å²) in [7, 11) is 0. The van der Waals surface area contributed by atoms with E-state index in [9.17, 15) is 9.59 Å². The summed E-state index contributed by atoms with van der Waals surface area (Å²) in [5.74, 6) is 1.57. The van der Waals surface area contributed by atoms with E-state index in [2.05, 4.69) is 26.9 Å². The molecule has 1 amide bonds. The molecule has 0 aliphatic carbocycles. The second-order valence-electron chi connectivity index (χ2n) is 7.57. The zero-order valence-corrected chi connectivity index (χ0v) is 17.4. The molecule has 1 aromatic carbocycles. The van der Waals surface area contributed by atoms with Crippen molar-refractivity contribution in [1.82, 2.24) is 24.5 Å². The van der Waals surface area contributed by atoms with Crippen molar-refractivity contribution in [3.63, 3.8) is 0 Å². The lowest BCUT2D eigenvalue weighted by atomic mass is 10.0. The minimum absolute atomic E-state index is 0.0190. The fraction of sp³-hybridized carbons (Fsp3) is 0.409. The highest BCUT2D eigenvalue weighted by molar-refractivity contribution is 5.98. The summed E-state index contributed by atoms with van der Waals surface area (Å²) in [6.07, 6.45) is 2.93. The SMILES string of the molecule is CCc1ccc(C(=O)CCC(=O)N2CCN(c3cc(C)nc4ncnn34)CC2)cc1. The molecule has 1 aliphatic rings. The molecule has 1 aliphatic heterocycles. The van der Waals surface area contributed by atoms with Crippen molar-refractivity contribution in [3.8, 4) is 0 Å². The Kier molecular flexibility index (Phi) is 5.74. The molecule has 2 aromatic heterocycles. The number of carbonyl (C=O) groups is 2. The van der Waals surface area contributed by atoms with E-state index in [1.165, 1.54) is 11.9 Å². The van der Waals surface area contributed by atoms with Gasteiger partial charge in [-0.1, -0.05) is 31.2 Å². The van der Waals surface area contributed by atoms with Crippen LogP contribution in [0.15, 0.2) is 36.7 Å². The van der Waals surface area contributed by atoms with E-state index < -0.39 is 0 Å². The number of amides is 1. The Morgan fingerprint density at radius 3 is 2.47 bits per heavy atom. The summed E-state index contributed by atoms with van der Waals surface area (Å²) in [6.45, 7) is 6.67. The van der Waals surface area contributed by atoms with Crippen molar-refractivity contribution in [2.24, 2.45) is 0 Å².